The molecule has 1 aromatic rings. The lowest BCUT2D eigenvalue weighted by molar-refractivity contribution is -0.0219. The van der Waals surface area contributed by atoms with Crippen LogP contribution in [0.1, 0.15) is 41.5 Å². The topological polar surface area (TPSA) is 12.0 Å². The number of hydrogen-bond acceptors (Lipinski definition) is 1. The molecule has 1 aromatic carbocycles. The fraction of sp³-hybridized carbons (Fsp3) is 0.600. The summed E-state index contributed by atoms with van der Waals surface area (Å²) in [7, 11) is 0. The Morgan fingerprint density at radius 1 is 1.17 bits per heavy atom. The first-order valence-corrected chi connectivity index (χ1v) is 6.59. The minimum atomic E-state index is -2.73. The molecule has 1 fully saturated rings. The normalized spacial score (nSPS) is 20.4. The first-order chi connectivity index (χ1) is 8.40. The van der Waals surface area contributed by atoms with Gasteiger partial charge in [-0.1, -0.05) is 6.07 Å². The summed E-state index contributed by atoms with van der Waals surface area (Å²) in [5.41, 5.74) is 2.90. The van der Waals surface area contributed by atoms with E-state index in [0.717, 1.165) is 30.5 Å². The minimum Gasteiger partial charge on any atom is -0.314 e. The quantitative estimate of drug-likeness (QED) is 0.863. The number of hydrogen-bond donors (Lipinski definition) is 1. The van der Waals surface area contributed by atoms with Crippen LogP contribution in [0.15, 0.2) is 12.1 Å². The van der Waals surface area contributed by atoms with Crippen LogP contribution in [-0.2, 0) is 5.92 Å². The fourth-order valence-corrected chi connectivity index (χ4v) is 2.70. The molecule has 0 aromatic heterocycles. The Balaban J connectivity index is 2.25. The first-order valence-electron chi connectivity index (χ1n) is 6.59. The van der Waals surface area contributed by atoms with E-state index in [-0.39, 0.29) is 18.0 Å². The molecule has 0 bridgehead atoms. The molecule has 1 saturated heterocycles. The van der Waals surface area contributed by atoms with Crippen molar-refractivity contribution in [2.75, 3.05) is 6.54 Å². The summed E-state index contributed by atoms with van der Waals surface area (Å²) in [6.07, 6.45) is 1.78. The van der Waals surface area contributed by atoms with Gasteiger partial charge in [-0.3, -0.25) is 0 Å². The van der Waals surface area contributed by atoms with E-state index in [1.807, 2.05) is 19.9 Å². The predicted molar refractivity (Wildman–Crippen MR) is 70.2 cm³/mol. The van der Waals surface area contributed by atoms with E-state index in [1.165, 1.54) is 0 Å². The second-order valence-electron chi connectivity index (χ2n) is 5.45. The summed E-state index contributed by atoms with van der Waals surface area (Å²) in [4.78, 5) is 0. The van der Waals surface area contributed by atoms with Crippen LogP contribution in [0.5, 0.6) is 0 Å². The molecule has 1 heterocycles. The van der Waals surface area contributed by atoms with Crippen LogP contribution in [-0.4, -0.2) is 12.6 Å². The smallest absolute Gasteiger partial charge is 0.275 e. The van der Waals surface area contributed by atoms with Crippen LogP contribution >= 0.6 is 0 Å². The molecule has 3 heteroatoms. The Labute approximate surface area is 108 Å². The van der Waals surface area contributed by atoms with Gasteiger partial charge in [0, 0.05) is 18.0 Å². The summed E-state index contributed by atoms with van der Waals surface area (Å²) in [5.74, 6) is -2.73. The molecule has 0 aliphatic carbocycles. The van der Waals surface area contributed by atoms with Crippen LogP contribution in [0.3, 0.4) is 0 Å². The molecule has 1 nitrogen and oxygen atoms in total. The first kappa shape index (κ1) is 13.5. The van der Waals surface area contributed by atoms with E-state index in [1.54, 1.807) is 13.0 Å². The van der Waals surface area contributed by atoms with E-state index in [9.17, 15) is 8.78 Å². The van der Waals surface area contributed by atoms with E-state index in [4.69, 9.17) is 0 Å². The van der Waals surface area contributed by atoms with E-state index in [0.29, 0.717) is 5.56 Å². The average molecular weight is 253 g/mol. The molecule has 0 spiro atoms. The maximum atomic E-state index is 14.3. The van der Waals surface area contributed by atoms with Crippen molar-refractivity contribution in [3.8, 4) is 0 Å². The highest BCUT2D eigenvalue weighted by atomic mass is 19.3. The number of alkyl halides is 2. The van der Waals surface area contributed by atoms with Gasteiger partial charge in [-0.25, -0.2) is 8.78 Å². The highest BCUT2D eigenvalue weighted by molar-refractivity contribution is 5.38. The molecule has 1 aliphatic rings. The van der Waals surface area contributed by atoms with Gasteiger partial charge >= 0.3 is 0 Å². The van der Waals surface area contributed by atoms with Crippen LogP contribution in [0, 0.1) is 20.8 Å². The third-order valence-corrected chi connectivity index (χ3v) is 3.90. The Morgan fingerprint density at radius 3 is 2.44 bits per heavy atom. The van der Waals surface area contributed by atoms with Crippen molar-refractivity contribution in [2.45, 2.75) is 52.0 Å². The summed E-state index contributed by atoms with van der Waals surface area (Å²) in [5, 5.41) is 3.15. The molecule has 2 rings (SSSR count). The van der Waals surface area contributed by atoms with Crippen molar-refractivity contribution in [1.82, 2.24) is 5.32 Å². The Kier molecular flexibility index (Phi) is 3.71. The molecular weight excluding hydrogens is 232 g/mol. The van der Waals surface area contributed by atoms with Crippen molar-refractivity contribution >= 4 is 0 Å². The van der Waals surface area contributed by atoms with Crippen LogP contribution < -0.4 is 5.32 Å². The second-order valence-corrected chi connectivity index (χ2v) is 5.45. The highest BCUT2D eigenvalue weighted by Gasteiger charge is 2.37. The lowest BCUT2D eigenvalue weighted by Crippen LogP contribution is -2.29. The van der Waals surface area contributed by atoms with Crippen LogP contribution in [0.2, 0.25) is 0 Å². The van der Waals surface area contributed by atoms with Crippen molar-refractivity contribution < 1.29 is 8.78 Å². The predicted octanol–water partition coefficient (Wildman–Crippen LogP) is 3.85. The van der Waals surface area contributed by atoms with Gasteiger partial charge in [0.1, 0.15) is 0 Å². The second kappa shape index (κ2) is 4.96. The van der Waals surface area contributed by atoms with Gasteiger partial charge in [0.25, 0.3) is 5.92 Å². The summed E-state index contributed by atoms with van der Waals surface area (Å²) < 4.78 is 28.7. The Bertz CT molecular complexity index is 434. The third kappa shape index (κ3) is 2.72. The molecule has 1 unspecified atom stereocenters. The van der Waals surface area contributed by atoms with Crippen LogP contribution in [0.25, 0.3) is 0 Å². The van der Waals surface area contributed by atoms with Crippen molar-refractivity contribution in [1.29, 1.82) is 0 Å². The standard InChI is InChI=1S/C15H21F2N/c1-10-7-12(3)14(8-11(10)2)15(16,17)9-13-5-4-6-18-13/h7-8,13,18H,4-6,9H2,1-3H3. The zero-order valence-corrected chi connectivity index (χ0v) is 11.3. The Morgan fingerprint density at radius 2 is 1.83 bits per heavy atom. The maximum absolute atomic E-state index is 14.3. The number of nitrogens with one attached hydrogen (secondary N) is 1. The molecule has 0 radical (unpaired) electrons. The van der Waals surface area contributed by atoms with Crippen LogP contribution in [0.4, 0.5) is 8.78 Å². The molecule has 100 valence electrons. The SMILES string of the molecule is Cc1cc(C)c(C(F)(F)CC2CCCN2)cc1C. The van der Waals surface area contributed by atoms with Gasteiger partial charge in [-0.15, -0.1) is 0 Å². The molecule has 0 saturated carbocycles. The molecule has 1 atom stereocenters. The largest absolute Gasteiger partial charge is 0.314 e. The molecule has 0 amide bonds. The summed E-state index contributed by atoms with van der Waals surface area (Å²) in [6.45, 7) is 6.50. The van der Waals surface area contributed by atoms with Gasteiger partial charge in [-0.2, -0.15) is 0 Å². The van der Waals surface area contributed by atoms with Gasteiger partial charge < -0.3 is 5.32 Å². The maximum Gasteiger partial charge on any atom is 0.275 e. The van der Waals surface area contributed by atoms with Gasteiger partial charge in [0.15, 0.2) is 0 Å². The molecular formula is C15H21F2N. The zero-order chi connectivity index (χ0) is 13.3. The Hall–Kier alpha value is -0.960. The number of aryl methyl sites for hydroxylation is 3. The van der Waals surface area contributed by atoms with Gasteiger partial charge in [0.05, 0.1) is 0 Å². The molecule has 1 aliphatic heterocycles. The lowest BCUT2D eigenvalue weighted by Gasteiger charge is -2.23. The van der Waals surface area contributed by atoms with Crippen molar-refractivity contribution in [2.24, 2.45) is 0 Å². The molecule has 18 heavy (non-hydrogen) atoms. The monoisotopic (exact) mass is 253 g/mol. The number of halogens is 2. The van der Waals surface area contributed by atoms with E-state index in [2.05, 4.69) is 5.32 Å². The van der Waals surface area contributed by atoms with E-state index < -0.39 is 5.92 Å². The average Bonchev–Trinajstić information content (AvgIpc) is 2.75. The van der Waals surface area contributed by atoms with Gasteiger partial charge in [0.2, 0.25) is 0 Å². The highest BCUT2D eigenvalue weighted by Crippen LogP contribution is 2.37. The third-order valence-electron chi connectivity index (χ3n) is 3.90. The fourth-order valence-electron chi connectivity index (χ4n) is 2.70. The van der Waals surface area contributed by atoms with Gasteiger partial charge in [-0.05, 0) is 62.9 Å². The zero-order valence-electron chi connectivity index (χ0n) is 11.3. The van der Waals surface area contributed by atoms with Crippen molar-refractivity contribution in [3.05, 3.63) is 34.4 Å². The number of rotatable bonds is 3. The number of benzene rings is 1. The summed E-state index contributed by atoms with van der Waals surface area (Å²) in [6, 6.07) is 3.47. The van der Waals surface area contributed by atoms with E-state index >= 15 is 0 Å². The summed E-state index contributed by atoms with van der Waals surface area (Å²) >= 11 is 0. The minimum absolute atomic E-state index is 0.0407. The van der Waals surface area contributed by atoms with Crippen molar-refractivity contribution in [3.63, 3.8) is 0 Å². The molecule has 1 N–H and O–H groups in total. The lowest BCUT2D eigenvalue weighted by atomic mass is 9.93.